The molecule has 0 bridgehead atoms. The molecule has 0 fully saturated rings. The minimum Gasteiger partial charge on any atom is -0.487 e. The summed E-state index contributed by atoms with van der Waals surface area (Å²) in [5, 5.41) is 18.0. The Bertz CT molecular complexity index is 688. The van der Waals surface area contributed by atoms with Crippen molar-refractivity contribution >= 4 is 17.3 Å². The summed E-state index contributed by atoms with van der Waals surface area (Å²) < 4.78 is 5.60. The maximum Gasteiger partial charge on any atom is 0.349 e. The highest BCUT2D eigenvalue weighted by molar-refractivity contribution is 7.14. The zero-order valence-electron chi connectivity index (χ0n) is 11.5. The van der Waals surface area contributed by atoms with Crippen LogP contribution in [0.1, 0.15) is 39.2 Å². The molecule has 1 N–H and O–H groups in total. The van der Waals surface area contributed by atoms with Crippen molar-refractivity contribution in [3.63, 3.8) is 0 Å². The molecule has 0 aliphatic heterocycles. The van der Waals surface area contributed by atoms with Gasteiger partial charge in [0, 0.05) is 11.1 Å². The summed E-state index contributed by atoms with van der Waals surface area (Å²) >= 11 is 1.25. The molecule has 0 aliphatic rings. The fourth-order valence-electron chi connectivity index (χ4n) is 1.83. The van der Waals surface area contributed by atoms with Crippen molar-refractivity contribution in [2.45, 2.75) is 26.4 Å². The molecule has 108 valence electrons. The topological polar surface area (TPSA) is 83.2 Å². The van der Waals surface area contributed by atoms with Gasteiger partial charge in [-0.2, -0.15) is 5.26 Å². The fourth-order valence-corrected chi connectivity index (χ4v) is 2.87. The van der Waals surface area contributed by atoms with E-state index in [9.17, 15) is 9.90 Å². The van der Waals surface area contributed by atoms with E-state index in [4.69, 9.17) is 10.00 Å². The average molecular weight is 302 g/mol. The molecule has 5 nitrogen and oxygen atoms in total. The zero-order valence-corrected chi connectivity index (χ0v) is 12.3. The maximum absolute atomic E-state index is 11.2. The quantitative estimate of drug-likeness (QED) is 0.885. The van der Waals surface area contributed by atoms with Gasteiger partial charge in [-0.1, -0.05) is 13.3 Å². The largest absolute Gasteiger partial charge is 0.487 e. The molecule has 0 aliphatic carbocycles. The van der Waals surface area contributed by atoms with Crippen molar-refractivity contribution in [1.29, 1.82) is 5.26 Å². The predicted octanol–water partition coefficient (Wildman–Crippen LogP) is 3.24. The highest BCUT2D eigenvalue weighted by Crippen LogP contribution is 2.31. The number of hydrogen-bond acceptors (Lipinski definition) is 5. The van der Waals surface area contributed by atoms with E-state index in [-0.39, 0.29) is 11.5 Å². The third-order valence-electron chi connectivity index (χ3n) is 2.77. The number of rotatable bonds is 6. The Balaban J connectivity index is 2.15. The van der Waals surface area contributed by atoms with Crippen molar-refractivity contribution < 1.29 is 14.6 Å². The number of pyridine rings is 1. The fraction of sp³-hybridized carbons (Fsp3) is 0.267. The van der Waals surface area contributed by atoms with E-state index in [1.807, 2.05) is 13.0 Å². The first kappa shape index (κ1) is 15.0. The molecule has 2 aromatic rings. The van der Waals surface area contributed by atoms with Crippen LogP contribution in [0.15, 0.2) is 24.4 Å². The lowest BCUT2D eigenvalue weighted by Crippen LogP contribution is -2.00. The molecule has 2 aromatic heterocycles. The molecular weight excluding hydrogens is 288 g/mol. The summed E-state index contributed by atoms with van der Waals surface area (Å²) in [6.45, 7) is 2.25. The molecule has 0 unspecified atom stereocenters. The Morgan fingerprint density at radius 1 is 1.52 bits per heavy atom. The van der Waals surface area contributed by atoms with E-state index in [0.717, 1.165) is 23.3 Å². The number of ether oxygens (including phenoxy) is 1. The predicted molar refractivity (Wildman–Crippen MR) is 78.6 cm³/mol. The minimum atomic E-state index is -0.982. The van der Waals surface area contributed by atoms with E-state index in [0.29, 0.717) is 11.4 Å². The average Bonchev–Trinajstić information content (AvgIpc) is 2.89. The zero-order chi connectivity index (χ0) is 15.2. The lowest BCUT2D eigenvalue weighted by Gasteiger charge is -2.05. The van der Waals surface area contributed by atoms with Crippen molar-refractivity contribution in [3.8, 4) is 11.8 Å². The summed E-state index contributed by atoms with van der Waals surface area (Å²) in [5.41, 5.74) is 1.09. The summed E-state index contributed by atoms with van der Waals surface area (Å²) in [6, 6.07) is 7.10. The Hall–Kier alpha value is -2.39. The standard InChI is InChI=1S/C15H14N2O3S/c1-2-3-12-7-13(14(21-12)15(18)19)20-9-10-4-5-17-11(6-10)8-16/h4-7H,2-3,9H2,1H3,(H,18,19). The van der Waals surface area contributed by atoms with Gasteiger partial charge >= 0.3 is 5.97 Å². The minimum absolute atomic E-state index is 0.208. The lowest BCUT2D eigenvalue weighted by atomic mass is 10.2. The van der Waals surface area contributed by atoms with Crippen LogP contribution >= 0.6 is 11.3 Å². The Kier molecular flexibility index (Phi) is 4.90. The molecule has 0 spiro atoms. The molecule has 6 heteroatoms. The smallest absolute Gasteiger partial charge is 0.349 e. The number of nitrogens with zero attached hydrogens (tertiary/aromatic N) is 2. The van der Waals surface area contributed by atoms with E-state index >= 15 is 0 Å². The molecule has 0 radical (unpaired) electrons. The number of carboxylic acids is 1. The molecule has 2 heterocycles. The summed E-state index contributed by atoms with van der Waals surface area (Å²) in [7, 11) is 0. The molecule has 0 saturated heterocycles. The number of aryl methyl sites for hydroxylation is 1. The normalized spacial score (nSPS) is 10.1. The van der Waals surface area contributed by atoms with Crippen LogP contribution in [0.4, 0.5) is 0 Å². The van der Waals surface area contributed by atoms with Gasteiger partial charge in [0.1, 0.15) is 24.1 Å². The molecule has 0 atom stereocenters. The van der Waals surface area contributed by atoms with Crippen LogP contribution in [0.5, 0.6) is 5.75 Å². The van der Waals surface area contributed by atoms with Gasteiger partial charge in [0.05, 0.1) is 0 Å². The van der Waals surface area contributed by atoms with Crippen LogP contribution in [0, 0.1) is 11.3 Å². The van der Waals surface area contributed by atoms with Crippen molar-refractivity contribution in [2.75, 3.05) is 0 Å². The van der Waals surface area contributed by atoms with Gasteiger partial charge in [-0.3, -0.25) is 0 Å². The number of aromatic carboxylic acids is 1. The van der Waals surface area contributed by atoms with Gasteiger partial charge in [-0.05, 0) is 30.2 Å². The molecule has 0 saturated carbocycles. The third-order valence-corrected chi connectivity index (χ3v) is 3.94. The first-order valence-electron chi connectivity index (χ1n) is 6.48. The van der Waals surface area contributed by atoms with Gasteiger partial charge < -0.3 is 9.84 Å². The van der Waals surface area contributed by atoms with Crippen molar-refractivity contribution in [3.05, 3.63) is 45.4 Å². The van der Waals surface area contributed by atoms with Gasteiger partial charge in [0.25, 0.3) is 0 Å². The molecule has 21 heavy (non-hydrogen) atoms. The van der Waals surface area contributed by atoms with E-state index in [1.165, 1.54) is 17.5 Å². The Morgan fingerprint density at radius 2 is 2.33 bits per heavy atom. The molecule has 0 aromatic carbocycles. The number of aromatic nitrogens is 1. The van der Waals surface area contributed by atoms with E-state index in [1.54, 1.807) is 18.2 Å². The summed E-state index contributed by atoms with van der Waals surface area (Å²) in [5.74, 6) is -0.601. The molecule has 0 amide bonds. The van der Waals surface area contributed by atoms with E-state index in [2.05, 4.69) is 4.98 Å². The number of nitriles is 1. The monoisotopic (exact) mass is 302 g/mol. The Morgan fingerprint density at radius 3 is 3.00 bits per heavy atom. The second-order valence-electron chi connectivity index (χ2n) is 4.41. The number of hydrogen-bond donors (Lipinski definition) is 1. The number of thiophene rings is 1. The van der Waals surface area contributed by atoms with Gasteiger partial charge in [-0.25, -0.2) is 9.78 Å². The highest BCUT2D eigenvalue weighted by atomic mass is 32.1. The summed E-state index contributed by atoms with van der Waals surface area (Å²) in [4.78, 5) is 16.3. The maximum atomic E-state index is 11.2. The third kappa shape index (κ3) is 3.80. The van der Waals surface area contributed by atoms with Gasteiger partial charge in [0.2, 0.25) is 0 Å². The van der Waals surface area contributed by atoms with Crippen LogP contribution in [0.25, 0.3) is 0 Å². The first-order valence-corrected chi connectivity index (χ1v) is 7.29. The molecule has 2 rings (SSSR count). The van der Waals surface area contributed by atoms with Crippen molar-refractivity contribution in [1.82, 2.24) is 4.98 Å². The first-order chi connectivity index (χ1) is 10.1. The lowest BCUT2D eigenvalue weighted by molar-refractivity contribution is 0.0697. The highest BCUT2D eigenvalue weighted by Gasteiger charge is 2.16. The molecular formula is C15H14N2O3S. The SMILES string of the molecule is CCCc1cc(OCc2ccnc(C#N)c2)c(C(=O)O)s1. The number of carboxylic acid groups (broad SMARTS) is 1. The van der Waals surface area contributed by atoms with Gasteiger partial charge in [0.15, 0.2) is 4.88 Å². The Labute approximate surface area is 126 Å². The second-order valence-corrected chi connectivity index (χ2v) is 5.55. The van der Waals surface area contributed by atoms with Crippen LogP contribution in [-0.2, 0) is 13.0 Å². The summed E-state index contributed by atoms with van der Waals surface area (Å²) in [6.07, 6.45) is 3.32. The van der Waals surface area contributed by atoms with Crippen LogP contribution in [-0.4, -0.2) is 16.1 Å². The number of carbonyl (C=O) groups is 1. The van der Waals surface area contributed by atoms with Crippen LogP contribution in [0.3, 0.4) is 0 Å². The van der Waals surface area contributed by atoms with Crippen LogP contribution < -0.4 is 4.74 Å². The van der Waals surface area contributed by atoms with E-state index < -0.39 is 5.97 Å². The van der Waals surface area contributed by atoms with Crippen molar-refractivity contribution in [2.24, 2.45) is 0 Å². The van der Waals surface area contributed by atoms with Crippen LogP contribution in [0.2, 0.25) is 0 Å². The second kappa shape index (κ2) is 6.86. The van der Waals surface area contributed by atoms with Gasteiger partial charge in [-0.15, -0.1) is 11.3 Å².